The number of benzene rings is 2. The Balaban J connectivity index is 1.75. The lowest BCUT2D eigenvalue weighted by Crippen LogP contribution is -2.51. The highest BCUT2D eigenvalue weighted by Gasteiger charge is 2.66. The summed E-state index contributed by atoms with van der Waals surface area (Å²) in [6.07, 6.45) is -0.0179. The van der Waals surface area contributed by atoms with Crippen molar-refractivity contribution in [3.05, 3.63) is 65.7 Å². The molecule has 1 unspecified atom stereocenters. The molecule has 184 valence electrons. The number of para-hydroxylation sites is 1. The van der Waals surface area contributed by atoms with Gasteiger partial charge in [0.1, 0.15) is 0 Å². The van der Waals surface area contributed by atoms with Gasteiger partial charge in [0.25, 0.3) is 5.91 Å². The number of carbonyl (C=O) groups excluding carboxylic acids is 3. The first kappa shape index (κ1) is 25.3. The summed E-state index contributed by atoms with van der Waals surface area (Å²) in [5.74, 6) is -1.48. The number of anilines is 1. The molecule has 1 aliphatic heterocycles. The molecule has 1 heterocycles. The summed E-state index contributed by atoms with van der Waals surface area (Å²) < 4.78 is 0.710. The maximum atomic E-state index is 13.9. The van der Waals surface area contributed by atoms with E-state index >= 15 is 0 Å². The molecule has 2 aromatic carbocycles. The molecule has 1 fully saturated rings. The van der Waals surface area contributed by atoms with Crippen molar-refractivity contribution in [3.63, 3.8) is 0 Å². The quantitative estimate of drug-likeness (QED) is 0.365. The van der Waals surface area contributed by atoms with Crippen LogP contribution in [0.2, 0.25) is 0 Å². The van der Waals surface area contributed by atoms with Crippen LogP contribution in [0.15, 0.2) is 59.6 Å². The third kappa shape index (κ3) is 4.60. The monoisotopic (exact) mass is 586 g/mol. The molecule has 8 heteroatoms. The van der Waals surface area contributed by atoms with E-state index in [1.54, 1.807) is 7.05 Å². The summed E-state index contributed by atoms with van der Waals surface area (Å²) in [6.45, 7) is 4.10. The van der Waals surface area contributed by atoms with E-state index < -0.39 is 23.4 Å². The van der Waals surface area contributed by atoms with Crippen LogP contribution in [-0.2, 0) is 14.4 Å². The van der Waals surface area contributed by atoms with Crippen molar-refractivity contribution in [2.75, 3.05) is 16.4 Å². The molecule has 35 heavy (non-hydrogen) atoms. The summed E-state index contributed by atoms with van der Waals surface area (Å²) >= 11 is 2.21. The Labute approximate surface area is 219 Å². The molecule has 7 nitrogen and oxygen atoms in total. The van der Waals surface area contributed by atoms with Crippen molar-refractivity contribution < 1.29 is 14.4 Å². The van der Waals surface area contributed by atoms with E-state index in [0.29, 0.717) is 23.0 Å². The number of hydrogen-bond donors (Lipinski definition) is 2. The average molecular weight is 586 g/mol. The summed E-state index contributed by atoms with van der Waals surface area (Å²) in [7, 11) is 1.69. The number of nitrogens with two attached hydrogens (primary N) is 1. The minimum Gasteiger partial charge on any atom is -0.369 e. The zero-order valence-corrected chi connectivity index (χ0v) is 22.4. The Morgan fingerprint density at radius 2 is 1.83 bits per heavy atom. The number of hydrogen-bond acceptors (Lipinski definition) is 4. The highest BCUT2D eigenvalue weighted by Crippen LogP contribution is 2.62. The Kier molecular flexibility index (Phi) is 7.30. The van der Waals surface area contributed by atoms with Gasteiger partial charge >= 0.3 is 0 Å². The van der Waals surface area contributed by atoms with Crippen LogP contribution in [0.5, 0.6) is 0 Å². The summed E-state index contributed by atoms with van der Waals surface area (Å²) in [6, 6.07) is 17.2. The lowest BCUT2D eigenvalue weighted by Gasteiger charge is -2.28. The molecular formula is C27H31IN4O3. The summed E-state index contributed by atoms with van der Waals surface area (Å²) in [4.78, 5) is 46.1. The van der Waals surface area contributed by atoms with E-state index in [4.69, 9.17) is 10.7 Å². The Hall–Kier alpha value is -2.75. The van der Waals surface area contributed by atoms with Gasteiger partial charge in [-0.15, -0.1) is 0 Å². The zero-order chi connectivity index (χ0) is 25.3. The summed E-state index contributed by atoms with van der Waals surface area (Å²) in [5.41, 5.74) is 7.89. The molecule has 2 aliphatic rings. The lowest BCUT2D eigenvalue weighted by atomic mass is 9.81. The maximum absolute atomic E-state index is 13.9. The molecule has 0 saturated heterocycles. The van der Waals surface area contributed by atoms with Crippen LogP contribution in [0.1, 0.15) is 37.8 Å². The predicted octanol–water partition coefficient (Wildman–Crippen LogP) is 3.53. The molecule has 0 bridgehead atoms. The fourth-order valence-electron chi connectivity index (χ4n) is 5.42. The minimum atomic E-state index is -1.12. The SMILES string of the molecule is CC(C)[C@@H]1CC1(C(=O)N[C@H]1N=C(c2ccccc2)c2ccccc2N(C)C1=O)[C@H](CCI)C(N)=O. The molecule has 3 N–H and O–H groups in total. The van der Waals surface area contributed by atoms with Gasteiger partial charge in [0.15, 0.2) is 0 Å². The third-order valence-corrected chi connectivity index (χ3v) is 7.93. The Morgan fingerprint density at radius 3 is 2.43 bits per heavy atom. The van der Waals surface area contributed by atoms with Crippen molar-refractivity contribution in [2.45, 2.75) is 32.9 Å². The number of benzodiazepines with no additional fused rings is 1. The first-order chi connectivity index (χ1) is 16.7. The maximum Gasteiger partial charge on any atom is 0.272 e. The number of halogens is 1. The lowest BCUT2D eigenvalue weighted by molar-refractivity contribution is -0.137. The van der Waals surface area contributed by atoms with Gasteiger partial charge < -0.3 is 16.0 Å². The van der Waals surface area contributed by atoms with Gasteiger partial charge in [0, 0.05) is 22.6 Å². The van der Waals surface area contributed by atoms with E-state index in [1.807, 2.05) is 54.6 Å². The first-order valence-corrected chi connectivity index (χ1v) is 13.4. The van der Waals surface area contributed by atoms with E-state index in [-0.39, 0.29) is 23.7 Å². The van der Waals surface area contributed by atoms with Crippen LogP contribution < -0.4 is 16.0 Å². The molecular weight excluding hydrogens is 555 g/mol. The number of nitrogens with one attached hydrogen (secondary N) is 1. The number of likely N-dealkylation sites (N-methyl/N-ethyl adjacent to an activating group) is 1. The van der Waals surface area contributed by atoms with Gasteiger partial charge in [0.05, 0.1) is 22.7 Å². The van der Waals surface area contributed by atoms with Crippen LogP contribution in [0, 0.1) is 23.2 Å². The van der Waals surface area contributed by atoms with Gasteiger partial charge in [-0.3, -0.25) is 14.4 Å². The van der Waals surface area contributed by atoms with Crippen molar-refractivity contribution in [1.82, 2.24) is 5.32 Å². The number of nitrogens with zero attached hydrogens (tertiary/aromatic N) is 2. The number of aliphatic imine (C=N–C) groups is 1. The second-order valence-electron chi connectivity index (χ2n) is 9.66. The van der Waals surface area contributed by atoms with Crippen LogP contribution in [-0.4, -0.2) is 41.1 Å². The predicted molar refractivity (Wildman–Crippen MR) is 145 cm³/mol. The van der Waals surface area contributed by atoms with Gasteiger partial charge in [-0.05, 0) is 30.7 Å². The zero-order valence-electron chi connectivity index (χ0n) is 20.2. The van der Waals surface area contributed by atoms with Gasteiger partial charge in [-0.25, -0.2) is 4.99 Å². The highest BCUT2D eigenvalue weighted by atomic mass is 127. The molecule has 0 aromatic heterocycles. The standard InChI is InChI=1S/C27H31IN4O3/c1-16(2)20-15-27(20,19(13-14-28)23(29)33)26(35)31-24-25(34)32(3)21-12-8-7-11-18(21)22(30-24)17-9-5-4-6-10-17/h4-12,16,19-20,24H,13-15H2,1-3H3,(H2,29,33)(H,31,35)/t19-,20+,24-,27?/m1/s1. The summed E-state index contributed by atoms with van der Waals surface area (Å²) in [5, 5.41) is 2.93. The van der Waals surface area contributed by atoms with E-state index in [1.165, 1.54) is 4.90 Å². The molecule has 0 radical (unpaired) electrons. The van der Waals surface area contributed by atoms with Crippen molar-refractivity contribution in [3.8, 4) is 0 Å². The number of carbonyl (C=O) groups is 3. The van der Waals surface area contributed by atoms with Gasteiger partial charge in [-0.2, -0.15) is 0 Å². The second-order valence-corrected chi connectivity index (χ2v) is 10.7. The molecule has 1 aliphatic carbocycles. The second kappa shape index (κ2) is 10.1. The van der Waals surface area contributed by atoms with Crippen molar-refractivity contribution in [1.29, 1.82) is 0 Å². The third-order valence-electron chi connectivity index (χ3n) is 7.31. The van der Waals surface area contributed by atoms with E-state index in [0.717, 1.165) is 16.8 Å². The number of rotatable bonds is 8. The molecule has 4 atom stereocenters. The van der Waals surface area contributed by atoms with E-state index in [9.17, 15) is 14.4 Å². The average Bonchev–Trinajstić information content (AvgIpc) is 3.62. The Morgan fingerprint density at radius 1 is 1.17 bits per heavy atom. The molecule has 1 saturated carbocycles. The van der Waals surface area contributed by atoms with Crippen LogP contribution >= 0.6 is 22.6 Å². The van der Waals surface area contributed by atoms with Crippen LogP contribution in [0.4, 0.5) is 5.69 Å². The van der Waals surface area contributed by atoms with Crippen LogP contribution in [0.3, 0.4) is 0 Å². The molecule has 4 rings (SSSR count). The van der Waals surface area contributed by atoms with Crippen molar-refractivity contribution >= 4 is 51.7 Å². The van der Waals surface area contributed by atoms with Crippen LogP contribution in [0.25, 0.3) is 0 Å². The first-order valence-electron chi connectivity index (χ1n) is 11.9. The number of fused-ring (bicyclic) bond motifs is 1. The van der Waals surface area contributed by atoms with Crippen molar-refractivity contribution in [2.24, 2.45) is 33.9 Å². The fraction of sp³-hybridized carbons (Fsp3) is 0.407. The minimum absolute atomic E-state index is 0.0244. The molecule has 0 spiro atoms. The van der Waals surface area contributed by atoms with E-state index in [2.05, 4.69) is 41.8 Å². The smallest absolute Gasteiger partial charge is 0.272 e. The highest BCUT2D eigenvalue weighted by molar-refractivity contribution is 14.1. The fourth-order valence-corrected chi connectivity index (χ4v) is 6.04. The van der Waals surface area contributed by atoms with Gasteiger partial charge in [-0.1, -0.05) is 85.0 Å². The number of amides is 3. The largest absolute Gasteiger partial charge is 0.369 e. The topological polar surface area (TPSA) is 105 Å². The Bertz CT molecular complexity index is 1170. The number of alkyl halides is 1. The number of primary amides is 1. The molecule has 3 amide bonds. The normalized spacial score (nSPS) is 24.3. The van der Waals surface area contributed by atoms with Gasteiger partial charge in [0.2, 0.25) is 18.0 Å². The molecule has 2 aromatic rings.